The van der Waals surface area contributed by atoms with E-state index in [4.69, 9.17) is 5.73 Å². The van der Waals surface area contributed by atoms with Crippen LogP contribution >= 0.6 is 8.46 Å². The molecule has 3 unspecified atom stereocenters. The number of carbonyl (C=O) groups excluding carboxylic acids is 1. The average Bonchev–Trinajstić information content (AvgIpc) is 2.40. The highest BCUT2D eigenvalue weighted by Gasteiger charge is 2.27. The van der Waals surface area contributed by atoms with E-state index in [-0.39, 0.29) is 26.1 Å². The minimum atomic E-state index is -0.0699. The lowest BCUT2D eigenvalue weighted by Gasteiger charge is -2.28. The Morgan fingerprint density at radius 3 is 2.37 bits per heavy atom. The standard InChI is InChI=1S/C15H28NO2P/c1-11(2)13(10-17)9-15(19-18)14(16)8-12-6-4-3-5-7-12/h10-15H,3-9,16H2,1-2H3. The molecule has 1 rings (SSSR count). The van der Waals surface area contributed by atoms with E-state index in [1.807, 2.05) is 13.8 Å². The van der Waals surface area contributed by atoms with Crippen molar-refractivity contribution < 1.29 is 9.36 Å². The predicted octanol–water partition coefficient (Wildman–Crippen LogP) is 3.81. The van der Waals surface area contributed by atoms with Gasteiger partial charge in [-0.2, -0.15) is 0 Å². The number of hydrogen-bond acceptors (Lipinski definition) is 3. The first kappa shape index (κ1) is 16.8. The van der Waals surface area contributed by atoms with Gasteiger partial charge in [-0.3, -0.25) is 4.57 Å². The van der Waals surface area contributed by atoms with Crippen LogP contribution in [0.25, 0.3) is 0 Å². The molecule has 1 aliphatic carbocycles. The molecule has 0 aromatic carbocycles. The molecule has 0 aromatic heterocycles. The lowest BCUT2D eigenvalue weighted by molar-refractivity contribution is -0.112. The molecule has 1 aliphatic rings. The molecule has 0 saturated heterocycles. The molecule has 2 N–H and O–H groups in total. The molecule has 1 saturated carbocycles. The first-order valence-corrected chi connectivity index (χ1v) is 8.50. The van der Waals surface area contributed by atoms with Crippen molar-refractivity contribution in [3.8, 4) is 0 Å². The second-order valence-corrected chi connectivity index (χ2v) is 7.23. The third kappa shape index (κ3) is 5.71. The first-order chi connectivity index (χ1) is 9.08. The third-order valence-electron chi connectivity index (χ3n) is 4.50. The monoisotopic (exact) mass is 285 g/mol. The molecular weight excluding hydrogens is 257 g/mol. The van der Waals surface area contributed by atoms with E-state index in [2.05, 4.69) is 0 Å². The van der Waals surface area contributed by atoms with Crippen LogP contribution in [0.1, 0.15) is 58.8 Å². The topological polar surface area (TPSA) is 60.2 Å². The minimum Gasteiger partial charge on any atom is -0.327 e. The molecule has 0 heterocycles. The maximum absolute atomic E-state index is 11.4. The molecule has 0 amide bonds. The van der Waals surface area contributed by atoms with Crippen LogP contribution in [0.4, 0.5) is 0 Å². The molecular formula is C15H28NO2P. The molecule has 3 nitrogen and oxygen atoms in total. The van der Waals surface area contributed by atoms with Gasteiger partial charge in [0.05, 0.1) is 5.66 Å². The molecule has 1 fully saturated rings. The Labute approximate surface area is 118 Å². The summed E-state index contributed by atoms with van der Waals surface area (Å²) in [5.74, 6) is 0.967. The van der Waals surface area contributed by atoms with Crippen molar-refractivity contribution in [3.05, 3.63) is 0 Å². The Bertz CT molecular complexity index is 277. The fourth-order valence-electron chi connectivity index (χ4n) is 3.02. The third-order valence-corrected chi connectivity index (χ3v) is 5.37. The van der Waals surface area contributed by atoms with Crippen LogP contribution in [0, 0.1) is 17.8 Å². The number of nitrogens with two attached hydrogens (primary N) is 1. The highest BCUT2D eigenvalue weighted by atomic mass is 31.1. The van der Waals surface area contributed by atoms with E-state index in [1.165, 1.54) is 32.1 Å². The second kappa shape index (κ2) is 8.81. The van der Waals surface area contributed by atoms with Gasteiger partial charge in [0.2, 0.25) is 0 Å². The van der Waals surface area contributed by atoms with Crippen LogP contribution in [-0.2, 0) is 9.36 Å². The average molecular weight is 285 g/mol. The van der Waals surface area contributed by atoms with Crippen molar-refractivity contribution in [3.63, 3.8) is 0 Å². The van der Waals surface area contributed by atoms with E-state index in [0.29, 0.717) is 18.3 Å². The number of rotatable bonds is 8. The lowest BCUT2D eigenvalue weighted by atomic mass is 9.82. The van der Waals surface area contributed by atoms with Gasteiger partial charge in [0.15, 0.2) is 8.46 Å². The van der Waals surface area contributed by atoms with Gasteiger partial charge in [0.25, 0.3) is 0 Å². The summed E-state index contributed by atoms with van der Waals surface area (Å²) >= 11 is 0. The number of aldehydes is 1. The van der Waals surface area contributed by atoms with Crippen LogP contribution in [0.5, 0.6) is 0 Å². The Kier molecular flexibility index (Phi) is 7.78. The normalized spacial score (nSPS) is 22.3. The van der Waals surface area contributed by atoms with Crippen LogP contribution in [-0.4, -0.2) is 18.0 Å². The van der Waals surface area contributed by atoms with Crippen molar-refractivity contribution in [1.82, 2.24) is 0 Å². The Balaban J connectivity index is 2.47. The Morgan fingerprint density at radius 1 is 1.26 bits per heavy atom. The molecule has 110 valence electrons. The molecule has 19 heavy (non-hydrogen) atoms. The summed E-state index contributed by atoms with van der Waals surface area (Å²) in [5, 5.41) is 0. The molecule has 0 aromatic rings. The first-order valence-electron chi connectivity index (χ1n) is 7.61. The maximum Gasteiger partial charge on any atom is 0.160 e. The molecule has 0 aliphatic heterocycles. The van der Waals surface area contributed by atoms with Gasteiger partial charge < -0.3 is 10.5 Å². The van der Waals surface area contributed by atoms with Crippen molar-refractivity contribution in [1.29, 1.82) is 0 Å². The SMILES string of the molecule is CC(C)C(C=O)CC(P=O)C(N)CC1CCCCC1. The molecule has 4 heteroatoms. The van der Waals surface area contributed by atoms with E-state index in [0.717, 1.165) is 12.7 Å². The zero-order valence-corrected chi connectivity index (χ0v) is 13.1. The van der Waals surface area contributed by atoms with E-state index in [1.54, 1.807) is 0 Å². The zero-order valence-electron chi connectivity index (χ0n) is 12.3. The van der Waals surface area contributed by atoms with Gasteiger partial charge in [-0.05, 0) is 24.7 Å². The summed E-state index contributed by atoms with van der Waals surface area (Å²) in [6, 6.07) is -0.0385. The van der Waals surface area contributed by atoms with E-state index in [9.17, 15) is 9.36 Å². The molecule has 0 spiro atoms. The highest BCUT2D eigenvalue weighted by Crippen LogP contribution is 2.31. The van der Waals surface area contributed by atoms with Gasteiger partial charge in [-0.15, -0.1) is 0 Å². The van der Waals surface area contributed by atoms with Gasteiger partial charge in [0.1, 0.15) is 6.29 Å². The summed E-state index contributed by atoms with van der Waals surface area (Å²) in [5.41, 5.74) is 6.17. The summed E-state index contributed by atoms with van der Waals surface area (Å²) in [6.45, 7) is 4.06. The number of hydrogen-bond donors (Lipinski definition) is 1. The second-order valence-electron chi connectivity index (χ2n) is 6.36. The van der Waals surface area contributed by atoms with E-state index >= 15 is 0 Å². The van der Waals surface area contributed by atoms with Crippen LogP contribution in [0.15, 0.2) is 0 Å². The summed E-state index contributed by atoms with van der Waals surface area (Å²) in [7, 11) is 0.0994. The quantitative estimate of drug-likeness (QED) is 0.545. The van der Waals surface area contributed by atoms with Crippen molar-refractivity contribution in [2.75, 3.05) is 0 Å². The van der Waals surface area contributed by atoms with Crippen LogP contribution < -0.4 is 5.73 Å². The maximum atomic E-state index is 11.4. The van der Waals surface area contributed by atoms with Gasteiger partial charge >= 0.3 is 0 Å². The van der Waals surface area contributed by atoms with Crippen molar-refractivity contribution in [2.45, 2.75) is 70.5 Å². The smallest absolute Gasteiger partial charge is 0.160 e. The fraction of sp³-hybridized carbons (Fsp3) is 0.933. The van der Waals surface area contributed by atoms with Gasteiger partial charge in [0, 0.05) is 12.0 Å². The minimum absolute atomic E-state index is 0.0242. The summed E-state index contributed by atoms with van der Waals surface area (Å²) < 4.78 is 11.4. The van der Waals surface area contributed by atoms with Crippen molar-refractivity contribution in [2.24, 2.45) is 23.5 Å². The largest absolute Gasteiger partial charge is 0.327 e. The zero-order chi connectivity index (χ0) is 14.3. The molecule has 3 atom stereocenters. The van der Waals surface area contributed by atoms with Crippen molar-refractivity contribution >= 4 is 14.7 Å². The van der Waals surface area contributed by atoms with E-state index < -0.39 is 0 Å². The Morgan fingerprint density at radius 2 is 1.89 bits per heavy atom. The lowest BCUT2D eigenvalue weighted by Crippen LogP contribution is -2.35. The van der Waals surface area contributed by atoms with Crippen LogP contribution in [0.2, 0.25) is 0 Å². The summed E-state index contributed by atoms with van der Waals surface area (Å²) in [4.78, 5) is 11.1. The summed E-state index contributed by atoms with van der Waals surface area (Å²) in [6.07, 6.45) is 9.09. The van der Waals surface area contributed by atoms with Gasteiger partial charge in [-0.25, -0.2) is 0 Å². The van der Waals surface area contributed by atoms with Gasteiger partial charge in [-0.1, -0.05) is 46.0 Å². The fourth-order valence-corrected chi connectivity index (χ4v) is 3.63. The molecule has 0 bridgehead atoms. The van der Waals surface area contributed by atoms with Crippen LogP contribution in [0.3, 0.4) is 0 Å². The molecule has 0 radical (unpaired) electrons. The predicted molar refractivity (Wildman–Crippen MR) is 79.6 cm³/mol. The Hall–Kier alpha value is -0.270. The highest BCUT2D eigenvalue weighted by molar-refractivity contribution is 7.24. The number of carbonyl (C=O) groups is 1.